The average molecular weight is 301 g/mol. The molecule has 5 rings (SSSR count). The summed E-state index contributed by atoms with van der Waals surface area (Å²) < 4.78 is 6.14. The molecule has 3 atom stereocenters. The zero-order chi connectivity index (χ0) is 15.2. The summed E-state index contributed by atoms with van der Waals surface area (Å²) in [5.41, 5.74) is 3.92. The molecular weight excluding hydrogens is 282 g/mol. The first-order valence-corrected chi connectivity index (χ1v) is 8.36. The summed E-state index contributed by atoms with van der Waals surface area (Å²) in [7, 11) is 0. The van der Waals surface area contributed by atoms with Gasteiger partial charge in [-0.05, 0) is 17.4 Å². The molecule has 3 aromatic carbocycles. The first kappa shape index (κ1) is 13.1. The fourth-order valence-electron chi connectivity index (χ4n) is 4.21. The van der Waals surface area contributed by atoms with Gasteiger partial charge in [0.1, 0.15) is 0 Å². The molecule has 1 fully saturated rings. The van der Waals surface area contributed by atoms with E-state index < -0.39 is 0 Å². The van der Waals surface area contributed by atoms with Crippen molar-refractivity contribution in [2.24, 2.45) is 5.92 Å². The normalized spacial score (nSPS) is 25.7. The highest BCUT2D eigenvalue weighted by molar-refractivity contribution is 5.96. The van der Waals surface area contributed by atoms with Crippen molar-refractivity contribution in [2.45, 2.75) is 18.6 Å². The number of nitrogens with one attached hydrogen (secondary N) is 1. The van der Waals surface area contributed by atoms with E-state index in [0.29, 0.717) is 12.0 Å². The van der Waals surface area contributed by atoms with Crippen molar-refractivity contribution in [2.75, 3.05) is 11.9 Å². The number of rotatable bonds is 1. The van der Waals surface area contributed by atoms with Crippen LogP contribution in [0.25, 0.3) is 10.8 Å². The van der Waals surface area contributed by atoms with Gasteiger partial charge in [0.15, 0.2) is 0 Å². The lowest BCUT2D eigenvalue weighted by atomic mass is 9.80. The second kappa shape index (κ2) is 5.10. The fourth-order valence-corrected chi connectivity index (χ4v) is 4.21. The van der Waals surface area contributed by atoms with Crippen LogP contribution in [0.3, 0.4) is 0 Å². The van der Waals surface area contributed by atoms with E-state index >= 15 is 0 Å². The molecule has 0 spiro atoms. The van der Waals surface area contributed by atoms with Gasteiger partial charge in [-0.15, -0.1) is 0 Å². The Morgan fingerprint density at radius 2 is 1.70 bits per heavy atom. The van der Waals surface area contributed by atoms with Crippen LogP contribution in [-0.2, 0) is 4.74 Å². The van der Waals surface area contributed by atoms with Gasteiger partial charge >= 0.3 is 0 Å². The molecule has 2 nitrogen and oxygen atoms in total. The number of ether oxygens (including phenoxy) is 1. The van der Waals surface area contributed by atoms with Crippen LogP contribution < -0.4 is 5.32 Å². The maximum Gasteiger partial charge on any atom is 0.0896 e. The van der Waals surface area contributed by atoms with Gasteiger partial charge in [-0.2, -0.15) is 0 Å². The van der Waals surface area contributed by atoms with E-state index in [1.54, 1.807) is 0 Å². The van der Waals surface area contributed by atoms with Crippen molar-refractivity contribution in [3.05, 3.63) is 77.9 Å². The summed E-state index contributed by atoms with van der Waals surface area (Å²) in [6.45, 7) is 0.854. The van der Waals surface area contributed by atoms with Gasteiger partial charge in [0.25, 0.3) is 0 Å². The summed E-state index contributed by atoms with van der Waals surface area (Å²) in [6.07, 6.45) is 1.32. The second-order valence-electron chi connectivity index (χ2n) is 6.53. The second-order valence-corrected chi connectivity index (χ2v) is 6.53. The molecule has 2 heteroatoms. The van der Waals surface area contributed by atoms with E-state index in [1.165, 1.54) is 27.6 Å². The van der Waals surface area contributed by atoms with Crippen molar-refractivity contribution < 1.29 is 4.74 Å². The summed E-state index contributed by atoms with van der Waals surface area (Å²) in [5.74, 6) is 0.506. The molecule has 2 heterocycles. The van der Waals surface area contributed by atoms with Crippen LogP contribution in [0.4, 0.5) is 5.69 Å². The first-order chi connectivity index (χ1) is 11.4. The van der Waals surface area contributed by atoms with E-state index in [4.69, 9.17) is 4.74 Å². The molecule has 0 amide bonds. The lowest BCUT2D eigenvalue weighted by molar-refractivity contribution is 0.0831. The number of hydrogen-bond acceptors (Lipinski definition) is 2. The average Bonchev–Trinajstić information content (AvgIpc) is 3.11. The molecule has 2 aliphatic rings. The Hall–Kier alpha value is -2.32. The Labute approximate surface area is 136 Å². The number of benzene rings is 3. The molecule has 114 valence electrons. The summed E-state index contributed by atoms with van der Waals surface area (Å²) in [6, 6.07) is 24.2. The Balaban J connectivity index is 1.71. The standard InChI is InChI=1S/C21H19NO/c1-2-7-15(8-3-1)19-18-12-13-23-21(18)17-11-10-14-6-4-5-9-16(14)20(17)22-19/h1-11,18-19,21-22H,12-13H2/t18-,19+,21+/m0/s1. The maximum absolute atomic E-state index is 6.14. The predicted octanol–water partition coefficient (Wildman–Crippen LogP) is 5.08. The smallest absolute Gasteiger partial charge is 0.0896 e. The third kappa shape index (κ3) is 1.98. The van der Waals surface area contributed by atoms with Gasteiger partial charge in [0.2, 0.25) is 0 Å². The number of anilines is 1. The van der Waals surface area contributed by atoms with Gasteiger partial charge < -0.3 is 10.1 Å². The zero-order valence-electron chi connectivity index (χ0n) is 12.9. The molecule has 0 saturated carbocycles. The predicted molar refractivity (Wildman–Crippen MR) is 93.6 cm³/mol. The molecule has 0 aromatic heterocycles. The van der Waals surface area contributed by atoms with Gasteiger partial charge in [0, 0.05) is 29.2 Å². The van der Waals surface area contributed by atoms with Crippen LogP contribution in [0.5, 0.6) is 0 Å². The van der Waals surface area contributed by atoms with E-state index in [0.717, 1.165) is 13.0 Å². The molecule has 1 saturated heterocycles. The van der Waals surface area contributed by atoms with Crippen LogP contribution in [0, 0.1) is 5.92 Å². The van der Waals surface area contributed by atoms with E-state index in [1.807, 2.05) is 0 Å². The van der Waals surface area contributed by atoms with Crippen LogP contribution in [-0.4, -0.2) is 6.61 Å². The lowest BCUT2D eigenvalue weighted by Crippen LogP contribution is -2.29. The zero-order valence-corrected chi connectivity index (χ0v) is 12.9. The van der Waals surface area contributed by atoms with E-state index in [-0.39, 0.29) is 6.10 Å². The Morgan fingerprint density at radius 1 is 0.870 bits per heavy atom. The van der Waals surface area contributed by atoms with Gasteiger partial charge in [-0.25, -0.2) is 0 Å². The highest BCUT2D eigenvalue weighted by Gasteiger charge is 2.41. The Morgan fingerprint density at radius 3 is 2.61 bits per heavy atom. The molecule has 0 unspecified atom stereocenters. The summed E-state index contributed by atoms with van der Waals surface area (Å²) >= 11 is 0. The Bertz CT molecular complexity index is 858. The summed E-state index contributed by atoms with van der Waals surface area (Å²) in [5, 5.41) is 6.42. The maximum atomic E-state index is 6.14. The van der Waals surface area contributed by atoms with Crippen molar-refractivity contribution in [1.82, 2.24) is 0 Å². The largest absolute Gasteiger partial charge is 0.377 e. The van der Waals surface area contributed by atoms with E-state index in [9.17, 15) is 0 Å². The van der Waals surface area contributed by atoms with Crippen LogP contribution in [0.15, 0.2) is 66.7 Å². The quantitative estimate of drug-likeness (QED) is 0.676. The molecule has 1 N–H and O–H groups in total. The molecular formula is C21H19NO. The van der Waals surface area contributed by atoms with Crippen molar-refractivity contribution in [1.29, 1.82) is 0 Å². The molecule has 0 bridgehead atoms. The minimum atomic E-state index is 0.209. The first-order valence-electron chi connectivity index (χ1n) is 8.36. The number of fused-ring (bicyclic) bond motifs is 5. The third-order valence-corrected chi connectivity index (χ3v) is 5.29. The molecule has 3 aromatic rings. The van der Waals surface area contributed by atoms with Crippen molar-refractivity contribution >= 4 is 16.5 Å². The minimum absolute atomic E-state index is 0.209. The molecule has 0 aliphatic carbocycles. The van der Waals surface area contributed by atoms with Crippen molar-refractivity contribution in [3.8, 4) is 0 Å². The molecule has 0 radical (unpaired) electrons. The number of hydrogen-bond donors (Lipinski definition) is 1. The van der Waals surface area contributed by atoms with Gasteiger partial charge in [0.05, 0.1) is 12.1 Å². The lowest BCUT2D eigenvalue weighted by Gasteiger charge is -2.37. The topological polar surface area (TPSA) is 21.3 Å². The SMILES string of the molecule is c1ccc([C@H]2Nc3c(ccc4ccccc34)[C@H]3OCC[C@@H]23)cc1. The van der Waals surface area contributed by atoms with Crippen LogP contribution >= 0.6 is 0 Å². The Kier molecular flexibility index (Phi) is 2.92. The van der Waals surface area contributed by atoms with E-state index in [2.05, 4.69) is 72.0 Å². The van der Waals surface area contributed by atoms with Gasteiger partial charge in [-0.1, -0.05) is 66.7 Å². The van der Waals surface area contributed by atoms with Gasteiger partial charge in [-0.3, -0.25) is 0 Å². The van der Waals surface area contributed by atoms with Crippen LogP contribution in [0.2, 0.25) is 0 Å². The minimum Gasteiger partial charge on any atom is -0.377 e. The third-order valence-electron chi connectivity index (χ3n) is 5.29. The molecule has 2 aliphatic heterocycles. The monoisotopic (exact) mass is 301 g/mol. The fraction of sp³-hybridized carbons (Fsp3) is 0.238. The molecule has 23 heavy (non-hydrogen) atoms. The van der Waals surface area contributed by atoms with Crippen molar-refractivity contribution in [3.63, 3.8) is 0 Å². The highest BCUT2D eigenvalue weighted by Crippen LogP contribution is 2.51. The highest BCUT2D eigenvalue weighted by atomic mass is 16.5. The van der Waals surface area contributed by atoms with Crippen LogP contribution in [0.1, 0.15) is 29.7 Å². The summed E-state index contributed by atoms with van der Waals surface area (Å²) in [4.78, 5) is 0.